The van der Waals surface area contributed by atoms with E-state index < -0.39 is 0 Å². The van der Waals surface area contributed by atoms with Crippen LogP contribution in [0.1, 0.15) is 30.9 Å². The van der Waals surface area contributed by atoms with Gasteiger partial charge in [-0.3, -0.25) is 0 Å². The minimum Gasteiger partial charge on any atom is -0.327 e. The summed E-state index contributed by atoms with van der Waals surface area (Å²) in [4.78, 5) is 0. The molecule has 1 aromatic rings. The van der Waals surface area contributed by atoms with Crippen LogP contribution >= 0.6 is 0 Å². The van der Waals surface area contributed by atoms with Crippen LogP contribution in [0.25, 0.3) is 0 Å². The minimum atomic E-state index is 0.303. The van der Waals surface area contributed by atoms with E-state index in [1.165, 1.54) is 12.0 Å². The highest BCUT2D eigenvalue weighted by Crippen LogP contribution is 2.61. The second-order valence-corrected chi connectivity index (χ2v) is 5.39. The van der Waals surface area contributed by atoms with Gasteiger partial charge in [0.1, 0.15) is 0 Å². The van der Waals surface area contributed by atoms with E-state index in [4.69, 9.17) is 5.73 Å². The predicted octanol–water partition coefficient (Wildman–Crippen LogP) is 2.31. The van der Waals surface area contributed by atoms with Crippen LogP contribution in [0.4, 0.5) is 0 Å². The Kier molecular flexibility index (Phi) is 1.46. The van der Waals surface area contributed by atoms with E-state index in [1.54, 1.807) is 5.56 Å². The Bertz CT molecular complexity index is 381. The maximum absolute atomic E-state index is 6.22. The van der Waals surface area contributed by atoms with Crippen molar-refractivity contribution in [2.24, 2.45) is 17.1 Å². The van der Waals surface area contributed by atoms with E-state index in [9.17, 15) is 0 Å². The third-order valence-electron chi connectivity index (χ3n) is 4.40. The fraction of sp³-hybridized carbons (Fsp3) is 0.538. The van der Waals surface area contributed by atoms with Crippen molar-refractivity contribution < 1.29 is 0 Å². The Morgan fingerprint density at radius 2 is 2.00 bits per heavy atom. The molecule has 0 aromatic heterocycles. The van der Waals surface area contributed by atoms with Crippen LogP contribution < -0.4 is 5.73 Å². The summed E-state index contributed by atoms with van der Waals surface area (Å²) in [6, 6.07) is 9.23. The Morgan fingerprint density at radius 3 is 2.79 bits per heavy atom. The summed E-state index contributed by atoms with van der Waals surface area (Å²) in [5.74, 6) is 1.43. The maximum Gasteiger partial charge on any atom is 0.0134 e. The van der Waals surface area contributed by atoms with Crippen LogP contribution in [0.3, 0.4) is 0 Å². The van der Waals surface area contributed by atoms with Gasteiger partial charge in [0.05, 0.1) is 0 Å². The van der Waals surface area contributed by atoms with E-state index in [-0.39, 0.29) is 0 Å². The molecule has 2 aliphatic rings. The molecule has 2 N–H and O–H groups in total. The Morgan fingerprint density at radius 1 is 1.29 bits per heavy atom. The molecule has 1 saturated carbocycles. The van der Waals surface area contributed by atoms with Gasteiger partial charge < -0.3 is 5.73 Å². The van der Waals surface area contributed by atoms with Gasteiger partial charge in [0.25, 0.3) is 0 Å². The van der Waals surface area contributed by atoms with Crippen molar-refractivity contribution in [1.29, 1.82) is 0 Å². The van der Waals surface area contributed by atoms with Crippen LogP contribution in [0.5, 0.6) is 0 Å². The smallest absolute Gasteiger partial charge is 0.0134 e. The van der Waals surface area contributed by atoms with Crippen molar-refractivity contribution in [2.45, 2.75) is 32.2 Å². The van der Waals surface area contributed by atoms with Crippen molar-refractivity contribution in [3.63, 3.8) is 0 Å². The van der Waals surface area contributed by atoms with Crippen LogP contribution in [-0.4, -0.2) is 6.04 Å². The van der Waals surface area contributed by atoms with E-state index in [1.807, 2.05) is 0 Å². The molecular weight excluding hydrogens is 170 g/mol. The second kappa shape index (κ2) is 2.40. The maximum atomic E-state index is 6.22. The van der Waals surface area contributed by atoms with Gasteiger partial charge in [-0.25, -0.2) is 0 Å². The molecule has 1 fully saturated rings. The first-order valence-corrected chi connectivity index (χ1v) is 5.46. The highest BCUT2D eigenvalue weighted by atomic mass is 14.8. The average Bonchev–Trinajstić information content (AvgIpc) is 2.54. The summed E-state index contributed by atoms with van der Waals surface area (Å²) in [7, 11) is 0. The fourth-order valence-electron chi connectivity index (χ4n) is 3.55. The summed E-state index contributed by atoms with van der Waals surface area (Å²) in [5, 5.41) is 0. The predicted molar refractivity (Wildman–Crippen MR) is 58.1 cm³/mol. The fourth-order valence-corrected chi connectivity index (χ4v) is 3.55. The van der Waals surface area contributed by atoms with E-state index in [0.717, 1.165) is 0 Å². The molecular formula is C13H17N. The topological polar surface area (TPSA) is 26.0 Å². The molecule has 1 heteroatoms. The second-order valence-electron chi connectivity index (χ2n) is 5.39. The molecule has 0 amide bonds. The SMILES string of the molecule is CC1(C)C(N)C2Cc3ccccc3C21. The number of rotatable bonds is 0. The molecule has 0 saturated heterocycles. The summed E-state index contributed by atoms with van der Waals surface area (Å²) >= 11 is 0. The van der Waals surface area contributed by atoms with Gasteiger partial charge in [0.2, 0.25) is 0 Å². The van der Waals surface area contributed by atoms with Crippen LogP contribution in [-0.2, 0) is 6.42 Å². The molecule has 0 bridgehead atoms. The van der Waals surface area contributed by atoms with Gasteiger partial charge in [0, 0.05) is 6.04 Å². The van der Waals surface area contributed by atoms with Gasteiger partial charge in [-0.05, 0) is 34.8 Å². The molecule has 0 heterocycles. The largest absolute Gasteiger partial charge is 0.327 e. The third kappa shape index (κ3) is 0.795. The molecule has 0 radical (unpaired) electrons. The quantitative estimate of drug-likeness (QED) is 0.662. The third-order valence-corrected chi connectivity index (χ3v) is 4.40. The van der Waals surface area contributed by atoms with E-state index >= 15 is 0 Å². The van der Waals surface area contributed by atoms with Gasteiger partial charge in [-0.1, -0.05) is 38.1 Å². The highest BCUT2D eigenvalue weighted by molar-refractivity contribution is 5.42. The van der Waals surface area contributed by atoms with Crippen molar-refractivity contribution >= 4 is 0 Å². The van der Waals surface area contributed by atoms with Crippen LogP contribution in [0.15, 0.2) is 24.3 Å². The molecule has 0 spiro atoms. The van der Waals surface area contributed by atoms with Gasteiger partial charge in [-0.2, -0.15) is 0 Å². The van der Waals surface area contributed by atoms with Crippen molar-refractivity contribution in [3.8, 4) is 0 Å². The van der Waals surface area contributed by atoms with Gasteiger partial charge in [0.15, 0.2) is 0 Å². The number of hydrogen-bond acceptors (Lipinski definition) is 1. The molecule has 1 aromatic carbocycles. The molecule has 3 unspecified atom stereocenters. The zero-order chi connectivity index (χ0) is 9.92. The molecule has 3 rings (SSSR count). The van der Waals surface area contributed by atoms with Crippen molar-refractivity contribution in [2.75, 3.05) is 0 Å². The van der Waals surface area contributed by atoms with E-state index in [2.05, 4.69) is 38.1 Å². The lowest BCUT2D eigenvalue weighted by Crippen LogP contribution is -2.59. The number of hydrogen-bond donors (Lipinski definition) is 1. The molecule has 74 valence electrons. The highest BCUT2D eigenvalue weighted by Gasteiger charge is 2.57. The van der Waals surface area contributed by atoms with Gasteiger partial charge in [-0.15, -0.1) is 0 Å². The van der Waals surface area contributed by atoms with Crippen LogP contribution in [0.2, 0.25) is 0 Å². The normalized spacial score (nSPS) is 37.2. The summed E-state index contributed by atoms with van der Waals surface area (Å²) in [6.07, 6.45) is 1.20. The lowest BCUT2D eigenvalue weighted by Gasteiger charge is -2.54. The molecule has 14 heavy (non-hydrogen) atoms. The molecule has 0 aliphatic heterocycles. The summed E-state index contributed by atoms with van der Waals surface area (Å²) < 4.78 is 0. The van der Waals surface area contributed by atoms with Crippen LogP contribution in [0, 0.1) is 11.3 Å². The van der Waals surface area contributed by atoms with Crippen molar-refractivity contribution in [3.05, 3.63) is 35.4 Å². The molecule has 3 atom stereocenters. The zero-order valence-corrected chi connectivity index (χ0v) is 8.83. The first-order valence-electron chi connectivity index (χ1n) is 5.46. The standard InChI is InChI=1S/C13H17N/c1-13(2)11-9-6-4-3-5-8(9)7-10(11)12(13)14/h3-6,10-12H,7,14H2,1-2H3. The summed E-state index contributed by atoms with van der Waals surface area (Å²) in [6.45, 7) is 4.61. The number of benzene rings is 1. The lowest BCUT2D eigenvalue weighted by atomic mass is 9.52. The first kappa shape index (κ1) is 8.49. The minimum absolute atomic E-state index is 0.303. The first-order chi connectivity index (χ1) is 6.62. The zero-order valence-electron chi connectivity index (χ0n) is 8.83. The Hall–Kier alpha value is -0.820. The number of fused-ring (bicyclic) bond motifs is 3. The number of nitrogens with two attached hydrogens (primary N) is 1. The molecule has 2 aliphatic carbocycles. The lowest BCUT2D eigenvalue weighted by molar-refractivity contribution is 0.0273. The average molecular weight is 187 g/mol. The van der Waals surface area contributed by atoms with E-state index in [0.29, 0.717) is 23.3 Å². The monoisotopic (exact) mass is 187 g/mol. The molecule has 1 nitrogen and oxygen atoms in total. The summed E-state index contributed by atoms with van der Waals surface area (Å²) in [5.41, 5.74) is 9.61. The Labute approximate surface area is 85.3 Å². The van der Waals surface area contributed by atoms with Crippen molar-refractivity contribution in [1.82, 2.24) is 0 Å². The Balaban J connectivity index is 2.08. The van der Waals surface area contributed by atoms with Gasteiger partial charge >= 0.3 is 0 Å².